The number of aryl methyl sites for hydroxylation is 1. The zero-order valence-electron chi connectivity index (χ0n) is 9.46. The summed E-state index contributed by atoms with van der Waals surface area (Å²) in [6.07, 6.45) is 3.41. The van der Waals surface area contributed by atoms with E-state index in [2.05, 4.69) is 5.10 Å². The van der Waals surface area contributed by atoms with E-state index >= 15 is 0 Å². The second-order valence-corrected chi connectivity index (χ2v) is 3.70. The van der Waals surface area contributed by atoms with Crippen molar-refractivity contribution in [1.82, 2.24) is 9.78 Å². The third-order valence-electron chi connectivity index (χ3n) is 2.30. The van der Waals surface area contributed by atoms with E-state index in [-0.39, 0.29) is 0 Å². The SMILES string of the molecule is Cn1cc(OCc2cccc(C(N)=O)c2)cn1. The van der Waals surface area contributed by atoms with Crippen LogP contribution in [-0.4, -0.2) is 15.7 Å². The van der Waals surface area contributed by atoms with Gasteiger partial charge in [0.1, 0.15) is 6.61 Å². The third-order valence-corrected chi connectivity index (χ3v) is 2.30. The molecule has 0 fully saturated rings. The minimum atomic E-state index is -0.437. The van der Waals surface area contributed by atoms with E-state index in [9.17, 15) is 4.79 Å². The lowest BCUT2D eigenvalue weighted by Gasteiger charge is -2.04. The van der Waals surface area contributed by atoms with E-state index in [4.69, 9.17) is 10.5 Å². The third kappa shape index (κ3) is 2.84. The van der Waals surface area contributed by atoms with E-state index in [1.807, 2.05) is 13.1 Å². The lowest BCUT2D eigenvalue weighted by Crippen LogP contribution is -2.11. The topological polar surface area (TPSA) is 70.1 Å². The normalized spacial score (nSPS) is 10.2. The quantitative estimate of drug-likeness (QED) is 0.856. The zero-order chi connectivity index (χ0) is 12.3. The number of ether oxygens (including phenoxy) is 1. The summed E-state index contributed by atoms with van der Waals surface area (Å²) in [4.78, 5) is 11.0. The highest BCUT2D eigenvalue weighted by atomic mass is 16.5. The van der Waals surface area contributed by atoms with Gasteiger partial charge in [0.05, 0.1) is 12.4 Å². The number of hydrogen-bond acceptors (Lipinski definition) is 3. The fourth-order valence-corrected chi connectivity index (χ4v) is 1.45. The Morgan fingerprint density at radius 1 is 1.53 bits per heavy atom. The molecule has 0 aliphatic rings. The molecule has 1 heterocycles. The van der Waals surface area contributed by atoms with Gasteiger partial charge in [-0.05, 0) is 17.7 Å². The number of hydrogen-bond donors (Lipinski definition) is 1. The number of aromatic nitrogens is 2. The second-order valence-electron chi connectivity index (χ2n) is 3.70. The number of nitrogens with two attached hydrogens (primary N) is 1. The van der Waals surface area contributed by atoms with Crippen molar-refractivity contribution in [3.05, 3.63) is 47.8 Å². The average molecular weight is 231 g/mol. The van der Waals surface area contributed by atoms with Crippen LogP contribution in [0.15, 0.2) is 36.7 Å². The largest absolute Gasteiger partial charge is 0.486 e. The molecule has 5 heteroatoms. The summed E-state index contributed by atoms with van der Waals surface area (Å²) in [6, 6.07) is 7.06. The molecule has 0 atom stereocenters. The zero-order valence-corrected chi connectivity index (χ0v) is 9.46. The molecule has 0 aliphatic heterocycles. The van der Waals surface area contributed by atoms with Crippen LogP contribution >= 0.6 is 0 Å². The van der Waals surface area contributed by atoms with Crippen molar-refractivity contribution in [2.24, 2.45) is 12.8 Å². The summed E-state index contributed by atoms with van der Waals surface area (Å²) in [5, 5.41) is 3.99. The molecule has 2 rings (SSSR count). The Bertz CT molecular complexity index is 534. The van der Waals surface area contributed by atoms with Crippen molar-refractivity contribution in [2.75, 3.05) is 0 Å². The Morgan fingerprint density at radius 3 is 3.00 bits per heavy atom. The highest BCUT2D eigenvalue weighted by Gasteiger charge is 2.02. The summed E-state index contributed by atoms with van der Waals surface area (Å²) >= 11 is 0. The molecule has 0 radical (unpaired) electrons. The fourth-order valence-electron chi connectivity index (χ4n) is 1.45. The number of carbonyl (C=O) groups excluding carboxylic acids is 1. The number of nitrogens with zero attached hydrogens (tertiary/aromatic N) is 2. The van der Waals surface area contributed by atoms with E-state index in [1.165, 1.54) is 0 Å². The maximum absolute atomic E-state index is 11.0. The molecular weight excluding hydrogens is 218 g/mol. The van der Waals surface area contributed by atoms with Gasteiger partial charge in [0.15, 0.2) is 5.75 Å². The molecule has 17 heavy (non-hydrogen) atoms. The number of carbonyl (C=O) groups is 1. The van der Waals surface area contributed by atoms with Gasteiger partial charge in [0.2, 0.25) is 5.91 Å². The fraction of sp³-hybridized carbons (Fsp3) is 0.167. The van der Waals surface area contributed by atoms with Crippen LogP contribution in [0.2, 0.25) is 0 Å². The molecule has 0 spiro atoms. The molecule has 0 saturated heterocycles. The van der Waals surface area contributed by atoms with Gasteiger partial charge in [-0.1, -0.05) is 12.1 Å². The highest BCUT2D eigenvalue weighted by molar-refractivity contribution is 5.92. The van der Waals surface area contributed by atoms with E-state index in [0.717, 1.165) is 5.56 Å². The predicted molar refractivity (Wildman–Crippen MR) is 62.5 cm³/mol. The van der Waals surface area contributed by atoms with Crippen LogP contribution in [-0.2, 0) is 13.7 Å². The van der Waals surface area contributed by atoms with Crippen LogP contribution in [0.5, 0.6) is 5.75 Å². The molecule has 0 bridgehead atoms. The first-order valence-corrected chi connectivity index (χ1v) is 5.15. The van der Waals surface area contributed by atoms with Crippen LogP contribution in [0, 0.1) is 0 Å². The summed E-state index contributed by atoms with van der Waals surface area (Å²) in [5.41, 5.74) is 6.58. The first-order chi connectivity index (χ1) is 8.15. The van der Waals surface area contributed by atoms with Gasteiger partial charge in [0.25, 0.3) is 0 Å². The molecule has 1 aromatic carbocycles. The first kappa shape index (κ1) is 11.2. The molecular formula is C12H13N3O2. The van der Waals surface area contributed by atoms with Gasteiger partial charge in [-0.3, -0.25) is 9.48 Å². The van der Waals surface area contributed by atoms with Crippen LogP contribution in [0.25, 0.3) is 0 Å². The van der Waals surface area contributed by atoms with E-state index in [0.29, 0.717) is 17.9 Å². The van der Waals surface area contributed by atoms with Crippen molar-refractivity contribution in [3.8, 4) is 5.75 Å². The molecule has 2 aromatic rings. The monoisotopic (exact) mass is 231 g/mol. The molecule has 1 aromatic heterocycles. The van der Waals surface area contributed by atoms with Gasteiger partial charge in [0, 0.05) is 12.6 Å². The Labute approximate surface area is 98.8 Å². The van der Waals surface area contributed by atoms with Crippen molar-refractivity contribution in [3.63, 3.8) is 0 Å². The molecule has 1 amide bonds. The Morgan fingerprint density at radius 2 is 2.35 bits per heavy atom. The second kappa shape index (κ2) is 4.69. The summed E-state index contributed by atoms with van der Waals surface area (Å²) in [6.45, 7) is 0.382. The Balaban J connectivity index is 2.04. The molecule has 0 saturated carbocycles. The molecule has 88 valence electrons. The maximum atomic E-state index is 11.0. The van der Waals surface area contributed by atoms with Gasteiger partial charge in [-0.2, -0.15) is 5.10 Å². The Hall–Kier alpha value is -2.30. The van der Waals surface area contributed by atoms with Gasteiger partial charge in [-0.25, -0.2) is 0 Å². The van der Waals surface area contributed by atoms with Crippen molar-refractivity contribution in [2.45, 2.75) is 6.61 Å². The van der Waals surface area contributed by atoms with E-state index in [1.54, 1.807) is 35.3 Å². The standard InChI is InChI=1S/C12H13N3O2/c1-15-7-11(6-14-15)17-8-9-3-2-4-10(5-9)12(13)16/h2-7H,8H2,1H3,(H2,13,16). The smallest absolute Gasteiger partial charge is 0.248 e. The highest BCUT2D eigenvalue weighted by Crippen LogP contribution is 2.11. The number of rotatable bonds is 4. The van der Waals surface area contributed by atoms with Crippen LogP contribution in [0.3, 0.4) is 0 Å². The maximum Gasteiger partial charge on any atom is 0.248 e. The van der Waals surface area contributed by atoms with Crippen LogP contribution < -0.4 is 10.5 Å². The summed E-state index contributed by atoms with van der Waals surface area (Å²) < 4.78 is 7.17. The average Bonchev–Trinajstić information content (AvgIpc) is 2.73. The summed E-state index contributed by atoms with van der Waals surface area (Å²) in [7, 11) is 1.82. The number of primary amides is 1. The molecule has 5 nitrogen and oxygen atoms in total. The lowest BCUT2D eigenvalue weighted by molar-refractivity contribution is 0.1000. The lowest BCUT2D eigenvalue weighted by atomic mass is 10.1. The molecule has 0 aliphatic carbocycles. The minimum Gasteiger partial charge on any atom is -0.486 e. The van der Waals surface area contributed by atoms with Crippen molar-refractivity contribution < 1.29 is 9.53 Å². The van der Waals surface area contributed by atoms with Crippen molar-refractivity contribution >= 4 is 5.91 Å². The summed E-state index contributed by atoms with van der Waals surface area (Å²) in [5.74, 6) is 0.255. The predicted octanol–water partition coefficient (Wildman–Crippen LogP) is 1.10. The molecule has 2 N–H and O–H groups in total. The Kier molecular flexibility index (Phi) is 3.09. The van der Waals surface area contributed by atoms with Crippen LogP contribution in [0.4, 0.5) is 0 Å². The number of amides is 1. The minimum absolute atomic E-state index is 0.382. The van der Waals surface area contributed by atoms with E-state index < -0.39 is 5.91 Å². The molecule has 0 unspecified atom stereocenters. The van der Waals surface area contributed by atoms with Gasteiger partial charge < -0.3 is 10.5 Å². The first-order valence-electron chi connectivity index (χ1n) is 5.15. The van der Waals surface area contributed by atoms with Gasteiger partial charge in [-0.15, -0.1) is 0 Å². The van der Waals surface area contributed by atoms with Crippen molar-refractivity contribution in [1.29, 1.82) is 0 Å². The number of benzene rings is 1. The van der Waals surface area contributed by atoms with Crippen LogP contribution in [0.1, 0.15) is 15.9 Å². The van der Waals surface area contributed by atoms with Gasteiger partial charge >= 0.3 is 0 Å².